The SMILES string of the molecule is C[Si](C)(C)c1ccc(N(c2ccccc2)c2ccc3c(c2)c2ccccc2c2c4ccc(-c5ccc(N(c6ccccc6-c6ccccc6)c6cccc7c6oc6ccccc67)cc5)cc4oc32)cc1.c1ccc(-c2ccccc2N(c2ccccc2)c2ccc3c(c2)c2ccccc2c2c4ccc(-c5ccc(N(c6ccccc6)c6cccc7c6oc6ccccc67)cc5)cc4oc32)cc1. The Morgan fingerprint density at radius 1 is 0.162 bits per heavy atom. The molecule has 0 fully saturated rings. The monoisotopic (exact) mass is 1760 g/mol. The first-order valence-electron chi connectivity index (χ1n) is 46.5. The van der Waals surface area contributed by atoms with Gasteiger partial charge >= 0.3 is 0 Å². The van der Waals surface area contributed by atoms with Crippen LogP contribution >= 0.6 is 0 Å². The first-order valence-corrected chi connectivity index (χ1v) is 50.0. The Morgan fingerprint density at radius 3 is 0.912 bits per heavy atom. The number of fused-ring (bicyclic) bond motifs is 22. The highest BCUT2D eigenvalue weighted by Crippen LogP contribution is 2.52. The van der Waals surface area contributed by atoms with Gasteiger partial charge in [0.2, 0.25) is 0 Å². The van der Waals surface area contributed by atoms with Crippen LogP contribution in [0.25, 0.3) is 175 Å². The lowest BCUT2D eigenvalue weighted by atomic mass is 9.95. The van der Waals surface area contributed by atoms with Gasteiger partial charge in [0, 0.05) is 110 Å². The maximum Gasteiger partial charge on any atom is 0.159 e. The molecule has 0 bridgehead atoms. The molecule has 0 aliphatic rings. The Labute approximate surface area is 787 Å². The van der Waals surface area contributed by atoms with Gasteiger partial charge in [-0.25, -0.2) is 0 Å². The topological polar surface area (TPSA) is 65.5 Å². The molecule has 0 saturated heterocycles. The standard InChI is InChI=1S/C65H48N2O2Si.C62H40N2O2/c1-70(2,3)50-37-34-47(35-38-50)66(46-19-8-5-9-20-46)49-36-40-56-58(42-49)52-22-10-11-24-54(52)63-57-39-31-45(41-62(57)69-65(56)63)43-29-32-48(33-30-43)67(59-26-14-12-21-51(59)44-17-6-4-7-18-44)60-27-16-25-55-53-23-13-15-28-61(53)68-64(55)60;1-4-17-42(18-5-1)48-23-12-14-28-56(48)64(45-21-8-3-9-22-45)47-36-38-53-55(40-47)49-24-10-11-26-51(49)60-54-37-33-43(39-59(54)66-62(53)60)41-31-34-46(35-32-41)63(44-19-6-2-7-20-44)57-29-16-27-52-50-25-13-15-30-58(50)65-61(52)57/h4-42H,1-3H3;1-40H. The van der Waals surface area contributed by atoms with Crippen molar-refractivity contribution in [2.45, 2.75) is 19.6 Å². The summed E-state index contributed by atoms with van der Waals surface area (Å²) in [6, 6.07) is 171. The number of para-hydroxylation sites is 9. The van der Waals surface area contributed by atoms with Crippen LogP contribution < -0.4 is 24.8 Å². The molecule has 0 aliphatic carbocycles. The van der Waals surface area contributed by atoms with Crippen LogP contribution in [0.5, 0.6) is 0 Å². The van der Waals surface area contributed by atoms with Crippen molar-refractivity contribution in [3.05, 3.63) is 479 Å². The van der Waals surface area contributed by atoms with E-state index in [1.807, 2.05) is 24.3 Å². The number of furan rings is 4. The van der Waals surface area contributed by atoms with Gasteiger partial charge in [-0.05, 0) is 236 Å². The number of hydrogen-bond acceptors (Lipinski definition) is 8. The van der Waals surface area contributed by atoms with Gasteiger partial charge in [-0.15, -0.1) is 0 Å². The maximum atomic E-state index is 7.02. The molecular formula is C127H88N4O4Si. The zero-order valence-electron chi connectivity index (χ0n) is 75.0. The molecule has 0 atom stereocenters. The third-order valence-electron chi connectivity index (χ3n) is 27.0. The molecule has 0 amide bonds. The molecule has 9 heteroatoms. The van der Waals surface area contributed by atoms with Gasteiger partial charge in [-0.2, -0.15) is 0 Å². The highest BCUT2D eigenvalue weighted by molar-refractivity contribution is 6.88. The molecule has 136 heavy (non-hydrogen) atoms. The highest BCUT2D eigenvalue weighted by atomic mass is 28.3. The summed E-state index contributed by atoms with van der Waals surface area (Å²) in [5.41, 5.74) is 28.7. The Kier molecular flexibility index (Phi) is 19.8. The second-order valence-corrected chi connectivity index (χ2v) is 41.2. The number of benzene rings is 22. The van der Waals surface area contributed by atoms with Crippen LogP contribution in [-0.4, -0.2) is 8.07 Å². The van der Waals surface area contributed by atoms with E-state index < -0.39 is 8.07 Å². The molecule has 4 aromatic heterocycles. The third-order valence-corrected chi connectivity index (χ3v) is 29.1. The van der Waals surface area contributed by atoms with Crippen LogP contribution in [0.1, 0.15) is 0 Å². The van der Waals surface area contributed by atoms with Crippen molar-refractivity contribution in [1.29, 1.82) is 0 Å². The predicted molar refractivity (Wildman–Crippen MR) is 575 cm³/mol. The number of anilines is 12. The molecule has 0 unspecified atom stereocenters. The molecule has 26 rings (SSSR count). The molecule has 26 aromatic rings. The smallest absolute Gasteiger partial charge is 0.159 e. The van der Waals surface area contributed by atoms with Crippen LogP contribution in [0.3, 0.4) is 0 Å². The van der Waals surface area contributed by atoms with Crippen LogP contribution in [-0.2, 0) is 0 Å². The molecule has 0 N–H and O–H groups in total. The van der Waals surface area contributed by atoms with Crippen molar-refractivity contribution < 1.29 is 17.7 Å². The normalized spacial score (nSPS) is 11.8. The number of rotatable bonds is 17. The van der Waals surface area contributed by atoms with Gasteiger partial charge in [-0.3, -0.25) is 0 Å². The first kappa shape index (κ1) is 80.6. The Morgan fingerprint density at radius 2 is 0.456 bits per heavy atom. The average Bonchev–Trinajstić information content (AvgIpc) is 1.55. The zero-order valence-corrected chi connectivity index (χ0v) is 76.0. The van der Waals surface area contributed by atoms with Gasteiger partial charge in [0.05, 0.1) is 30.8 Å². The van der Waals surface area contributed by atoms with Crippen molar-refractivity contribution in [3.63, 3.8) is 0 Å². The molecule has 4 heterocycles. The summed E-state index contributed by atoms with van der Waals surface area (Å²) in [6.45, 7) is 7.20. The lowest BCUT2D eigenvalue weighted by Crippen LogP contribution is -2.37. The van der Waals surface area contributed by atoms with Crippen molar-refractivity contribution in [3.8, 4) is 44.5 Å². The quantitative estimate of drug-likeness (QED) is 0.0660. The van der Waals surface area contributed by atoms with E-state index in [4.69, 9.17) is 17.7 Å². The average molecular weight is 1760 g/mol. The summed E-state index contributed by atoms with van der Waals surface area (Å²) >= 11 is 0. The molecule has 0 aliphatic heterocycles. The number of hydrogen-bond donors (Lipinski definition) is 0. The fraction of sp³-hybridized carbons (Fsp3) is 0.0236. The van der Waals surface area contributed by atoms with E-state index >= 15 is 0 Å². The maximum absolute atomic E-state index is 7.02. The lowest BCUT2D eigenvalue weighted by Gasteiger charge is -2.28. The van der Waals surface area contributed by atoms with Crippen LogP contribution in [0.15, 0.2) is 497 Å². The second kappa shape index (κ2) is 33.4. The van der Waals surface area contributed by atoms with Gasteiger partial charge < -0.3 is 37.3 Å². The van der Waals surface area contributed by atoms with Crippen molar-refractivity contribution in [1.82, 2.24) is 0 Å². The molecule has 644 valence electrons. The zero-order chi connectivity index (χ0) is 90.5. The van der Waals surface area contributed by atoms with Crippen molar-refractivity contribution in [2.24, 2.45) is 0 Å². The van der Waals surface area contributed by atoms with E-state index in [-0.39, 0.29) is 0 Å². The molecule has 0 radical (unpaired) electrons. The van der Waals surface area contributed by atoms with E-state index in [1.165, 1.54) is 37.9 Å². The summed E-state index contributed by atoms with van der Waals surface area (Å²) in [4.78, 5) is 9.35. The molecule has 0 spiro atoms. The Balaban J connectivity index is 0.000000145. The summed E-state index contributed by atoms with van der Waals surface area (Å²) in [5.74, 6) is 0. The van der Waals surface area contributed by atoms with Crippen molar-refractivity contribution >= 4 is 212 Å². The Bertz CT molecular complexity index is 9080. The molecule has 8 nitrogen and oxygen atoms in total. The van der Waals surface area contributed by atoms with Gasteiger partial charge in [0.15, 0.2) is 11.2 Å². The predicted octanol–water partition coefficient (Wildman–Crippen LogP) is 36.7. The number of nitrogens with zero attached hydrogens (tertiary/aromatic N) is 4. The van der Waals surface area contributed by atoms with E-state index in [2.05, 4.69) is 494 Å². The van der Waals surface area contributed by atoms with Gasteiger partial charge in [0.1, 0.15) is 33.5 Å². The summed E-state index contributed by atoms with van der Waals surface area (Å²) < 4.78 is 27.2. The van der Waals surface area contributed by atoms with Crippen LogP contribution in [0, 0.1) is 0 Å². The van der Waals surface area contributed by atoms with Crippen LogP contribution in [0.4, 0.5) is 68.2 Å². The minimum Gasteiger partial charge on any atom is -0.455 e. The lowest BCUT2D eigenvalue weighted by molar-refractivity contribution is 0.668. The van der Waals surface area contributed by atoms with Gasteiger partial charge in [0.25, 0.3) is 0 Å². The second-order valence-electron chi connectivity index (χ2n) is 36.1. The summed E-state index contributed by atoms with van der Waals surface area (Å²) in [6.07, 6.45) is 0. The van der Waals surface area contributed by atoms with E-state index in [9.17, 15) is 0 Å². The van der Waals surface area contributed by atoms with E-state index in [0.717, 1.165) is 211 Å². The minimum atomic E-state index is -1.47. The van der Waals surface area contributed by atoms with E-state index in [0.29, 0.717) is 0 Å². The van der Waals surface area contributed by atoms with Gasteiger partial charge in [-0.1, -0.05) is 334 Å². The minimum absolute atomic E-state index is 0.850. The van der Waals surface area contributed by atoms with E-state index in [1.54, 1.807) is 0 Å². The first-order chi connectivity index (χ1) is 67.1. The molecule has 22 aromatic carbocycles. The third kappa shape index (κ3) is 14.1. The fourth-order valence-corrected chi connectivity index (χ4v) is 21.7. The summed E-state index contributed by atoms with van der Waals surface area (Å²) in [5, 5.41) is 19.5. The largest absolute Gasteiger partial charge is 0.455 e. The Hall–Kier alpha value is -17.5. The highest BCUT2D eigenvalue weighted by Gasteiger charge is 2.29. The fourth-order valence-electron chi connectivity index (χ4n) is 20.6. The van der Waals surface area contributed by atoms with Crippen molar-refractivity contribution in [2.75, 3.05) is 19.6 Å². The molecular weight excluding hydrogens is 1670 g/mol. The summed E-state index contributed by atoms with van der Waals surface area (Å²) in [7, 11) is -1.47. The molecule has 0 saturated carbocycles. The van der Waals surface area contributed by atoms with Crippen LogP contribution in [0.2, 0.25) is 19.6 Å².